The van der Waals surface area contributed by atoms with Crippen LogP contribution in [0.5, 0.6) is 11.5 Å². The second-order valence-electron chi connectivity index (χ2n) is 7.89. The van der Waals surface area contributed by atoms with E-state index >= 15 is 0 Å². The minimum atomic E-state index is -4.02. The zero-order valence-electron chi connectivity index (χ0n) is 20.8. The Morgan fingerprint density at radius 1 is 1.05 bits per heavy atom. The minimum absolute atomic E-state index is 0.0386. The van der Waals surface area contributed by atoms with Gasteiger partial charge in [0, 0.05) is 6.54 Å². The van der Waals surface area contributed by atoms with Crippen molar-refractivity contribution in [1.29, 1.82) is 5.26 Å². The molecule has 2 N–H and O–H groups in total. The molecule has 0 saturated heterocycles. The zero-order chi connectivity index (χ0) is 27.7. The highest BCUT2D eigenvalue weighted by Crippen LogP contribution is 2.30. The van der Waals surface area contributed by atoms with E-state index in [0.29, 0.717) is 16.7 Å². The normalized spacial score (nSPS) is 10.9. The van der Waals surface area contributed by atoms with Gasteiger partial charge in [0.2, 0.25) is 10.0 Å². The summed E-state index contributed by atoms with van der Waals surface area (Å²) in [5, 5.41) is 18.7. The number of methoxy groups -OCH3 is 1. The zero-order valence-corrected chi connectivity index (χ0v) is 21.6. The summed E-state index contributed by atoms with van der Waals surface area (Å²) in [6, 6.07) is 17.4. The Kier molecular flexibility index (Phi) is 9.43. The van der Waals surface area contributed by atoms with E-state index in [2.05, 4.69) is 4.72 Å². The van der Waals surface area contributed by atoms with Crippen molar-refractivity contribution in [3.63, 3.8) is 0 Å². The molecule has 0 amide bonds. The van der Waals surface area contributed by atoms with E-state index in [1.165, 1.54) is 31.4 Å². The summed E-state index contributed by atoms with van der Waals surface area (Å²) in [4.78, 5) is 23.4. The van der Waals surface area contributed by atoms with Gasteiger partial charge >= 0.3 is 11.9 Å². The maximum atomic E-state index is 12.9. The average molecular weight is 539 g/mol. The number of nitriles is 1. The number of carboxylic acid groups (broad SMARTS) is 1. The third-order valence-electron chi connectivity index (χ3n) is 5.46. The van der Waals surface area contributed by atoms with Crippen molar-refractivity contribution in [1.82, 2.24) is 4.72 Å². The van der Waals surface area contributed by atoms with E-state index in [4.69, 9.17) is 19.5 Å². The van der Waals surface area contributed by atoms with Gasteiger partial charge in [0.15, 0.2) is 6.61 Å². The van der Waals surface area contributed by atoms with Crippen LogP contribution in [0.3, 0.4) is 0 Å². The molecule has 3 aromatic rings. The highest BCUT2D eigenvalue weighted by Gasteiger charge is 2.21. The second-order valence-corrected chi connectivity index (χ2v) is 9.63. The Labute approximate surface area is 220 Å². The lowest BCUT2D eigenvalue weighted by Crippen LogP contribution is -2.26. The van der Waals surface area contributed by atoms with E-state index < -0.39 is 22.0 Å². The van der Waals surface area contributed by atoms with Gasteiger partial charge in [0.05, 0.1) is 30.9 Å². The number of ether oxygens (including phenoxy) is 3. The summed E-state index contributed by atoms with van der Waals surface area (Å²) in [6.45, 7) is 1.43. The van der Waals surface area contributed by atoms with Gasteiger partial charge in [-0.3, -0.25) is 0 Å². The third kappa shape index (κ3) is 6.88. The van der Waals surface area contributed by atoms with Crippen LogP contribution in [0, 0.1) is 11.3 Å². The molecule has 0 unspecified atom stereocenters. The van der Waals surface area contributed by atoms with Crippen molar-refractivity contribution in [3.05, 3.63) is 77.4 Å². The molecule has 0 saturated carbocycles. The SMILES string of the molecule is CCOC(=O)COc1cc(-c2ccccc2C(=O)O)ccc1CCNS(=O)(=O)c1cc(C#N)ccc1OC. The van der Waals surface area contributed by atoms with Gasteiger partial charge in [0.1, 0.15) is 16.4 Å². The molecule has 38 heavy (non-hydrogen) atoms. The van der Waals surface area contributed by atoms with Crippen molar-refractivity contribution in [3.8, 4) is 28.7 Å². The molecule has 3 aromatic carbocycles. The molecule has 0 atom stereocenters. The minimum Gasteiger partial charge on any atom is -0.495 e. The largest absolute Gasteiger partial charge is 0.495 e. The van der Waals surface area contributed by atoms with E-state index in [-0.39, 0.29) is 53.7 Å². The van der Waals surface area contributed by atoms with Crippen molar-refractivity contribution >= 4 is 22.0 Å². The number of hydrogen-bond donors (Lipinski definition) is 2. The van der Waals surface area contributed by atoms with Gasteiger partial charge in [-0.2, -0.15) is 5.26 Å². The summed E-state index contributed by atoms with van der Waals surface area (Å²) < 4.78 is 44.1. The van der Waals surface area contributed by atoms with Crippen LogP contribution in [0.4, 0.5) is 0 Å². The number of benzene rings is 3. The monoisotopic (exact) mass is 538 g/mol. The van der Waals surface area contributed by atoms with Gasteiger partial charge in [-0.15, -0.1) is 0 Å². The highest BCUT2D eigenvalue weighted by atomic mass is 32.2. The number of sulfonamides is 1. The molecule has 0 aromatic heterocycles. The number of hydrogen-bond acceptors (Lipinski definition) is 8. The number of esters is 1. The third-order valence-corrected chi connectivity index (χ3v) is 6.94. The summed E-state index contributed by atoms with van der Waals surface area (Å²) in [6.07, 6.45) is 0.179. The molecule has 198 valence electrons. The molecule has 0 fully saturated rings. The molecule has 0 aliphatic carbocycles. The van der Waals surface area contributed by atoms with Crippen molar-refractivity contribution in [2.24, 2.45) is 0 Å². The summed E-state index contributed by atoms with van der Waals surface area (Å²) in [5.74, 6) is -1.31. The number of nitrogens with zero attached hydrogens (tertiary/aromatic N) is 1. The first-order chi connectivity index (χ1) is 18.2. The quantitative estimate of drug-likeness (QED) is 0.331. The van der Waals surface area contributed by atoms with Crippen LogP contribution in [-0.4, -0.2) is 52.3 Å². The van der Waals surface area contributed by atoms with E-state index in [0.717, 1.165) is 0 Å². The summed E-state index contributed by atoms with van der Waals surface area (Å²) >= 11 is 0. The van der Waals surface area contributed by atoms with Crippen LogP contribution in [0.15, 0.2) is 65.6 Å². The smallest absolute Gasteiger partial charge is 0.344 e. The van der Waals surface area contributed by atoms with Crippen LogP contribution < -0.4 is 14.2 Å². The van der Waals surface area contributed by atoms with Crippen LogP contribution >= 0.6 is 0 Å². The average Bonchev–Trinajstić information content (AvgIpc) is 2.92. The maximum absolute atomic E-state index is 12.9. The van der Waals surface area contributed by atoms with Gasteiger partial charge < -0.3 is 19.3 Å². The van der Waals surface area contributed by atoms with Crippen molar-refractivity contribution in [2.45, 2.75) is 18.2 Å². The lowest BCUT2D eigenvalue weighted by Gasteiger charge is -2.15. The molecule has 0 aliphatic rings. The topological polar surface area (TPSA) is 152 Å². The predicted octanol–water partition coefficient (Wildman–Crippen LogP) is 3.39. The Morgan fingerprint density at radius 2 is 1.82 bits per heavy atom. The molecule has 0 spiro atoms. The highest BCUT2D eigenvalue weighted by molar-refractivity contribution is 7.89. The fourth-order valence-electron chi connectivity index (χ4n) is 3.68. The van der Waals surface area contributed by atoms with Gasteiger partial charge in [-0.05, 0) is 60.4 Å². The molecule has 10 nitrogen and oxygen atoms in total. The number of carbonyl (C=O) groups is 2. The standard InChI is InChI=1S/C27H26N2O8S/c1-3-36-26(30)17-37-24-15-20(21-6-4-5-7-22(21)27(31)32)10-9-19(24)12-13-29-38(33,34)25-14-18(16-28)8-11-23(25)35-2/h4-11,14-15,29H,3,12-13,17H2,1-2H3,(H,31,32). The van der Waals surface area contributed by atoms with Gasteiger partial charge in [-0.25, -0.2) is 22.7 Å². The molecule has 0 radical (unpaired) electrons. The van der Waals surface area contributed by atoms with Crippen LogP contribution in [-0.2, 0) is 26.0 Å². The first-order valence-electron chi connectivity index (χ1n) is 11.5. The van der Waals surface area contributed by atoms with Crippen LogP contribution in [0.2, 0.25) is 0 Å². The molecule has 3 rings (SSSR count). The molecular weight excluding hydrogens is 512 g/mol. The van der Waals surface area contributed by atoms with Crippen LogP contribution in [0.1, 0.15) is 28.4 Å². The van der Waals surface area contributed by atoms with Crippen LogP contribution in [0.25, 0.3) is 11.1 Å². The predicted molar refractivity (Wildman–Crippen MR) is 138 cm³/mol. The Bertz CT molecular complexity index is 1480. The number of aromatic carboxylic acids is 1. The van der Waals surface area contributed by atoms with E-state index in [1.807, 2.05) is 6.07 Å². The molecular formula is C27H26N2O8S. The molecule has 0 heterocycles. The van der Waals surface area contributed by atoms with E-state index in [9.17, 15) is 23.1 Å². The lowest BCUT2D eigenvalue weighted by molar-refractivity contribution is -0.145. The number of carboxylic acids is 1. The molecule has 0 aliphatic heterocycles. The van der Waals surface area contributed by atoms with Gasteiger partial charge in [-0.1, -0.05) is 30.3 Å². The van der Waals surface area contributed by atoms with Crippen molar-refractivity contribution < 1.29 is 37.3 Å². The Hall–Kier alpha value is -4.40. The fourth-order valence-corrected chi connectivity index (χ4v) is 4.90. The number of nitrogens with one attached hydrogen (secondary N) is 1. The fraction of sp³-hybridized carbons (Fsp3) is 0.222. The lowest BCUT2D eigenvalue weighted by atomic mass is 9.97. The molecule has 0 bridgehead atoms. The number of carbonyl (C=O) groups excluding carboxylic acids is 1. The maximum Gasteiger partial charge on any atom is 0.344 e. The number of rotatable bonds is 12. The molecule has 11 heteroatoms. The first kappa shape index (κ1) is 28.2. The van der Waals surface area contributed by atoms with Crippen molar-refractivity contribution in [2.75, 3.05) is 26.9 Å². The first-order valence-corrected chi connectivity index (χ1v) is 13.0. The van der Waals surface area contributed by atoms with E-state index in [1.54, 1.807) is 43.3 Å². The second kappa shape index (κ2) is 12.7. The summed E-state index contributed by atoms with van der Waals surface area (Å²) in [7, 11) is -2.69. The van der Waals surface area contributed by atoms with Gasteiger partial charge in [0.25, 0.3) is 0 Å². The Morgan fingerprint density at radius 3 is 2.50 bits per heavy atom. The Balaban J connectivity index is 1.87. The summed E-state index contributed by atoms with van der Waals surface area (Å²) in [5.41, 5.74) is 1.84.